The fraction of sp³-hybridized carbons (Fsp3) is 0.550. The average Bonchev–Trinajstić information content (AvgIpc) is 3.16. The lowest BCUT2D eigenvalue weighted by molar-refractivity contribution is -0.122. The number of hydrogen-bond donors (Lipinski definition) is 1. The number of fused-ring (bicyclic) bond motifs is 3. The minimum absolute atomic E-state index is 0.0726. The molecule has 1 fully saturated rings. The molecule has 1 N–H and O–H groups in total. The molecule has 1 aliphatic rings. The summed E-state index contributed by atoms with van der Waals surface area (Å²) in [7, 11) is 0. The van der Waals surface area contributed by atoms with Crippen molar-refractivity contribution in [2.75, 3.05) is 0 Å². The number of nitrogens with one attached hydrogen (secondary N) is 1. The van der Waals surface area contributed by atoms with Crippen LogP contribution in [0, 0.1) is 13.8 Å². The fourth-order valence-corrected chi connectivity index (χ4v) is 4.11. The number of furan rings is 1. The van der Waals surface area contributed by atoms with Crippen molar-refractivity contribution in [1.29, 1.82) is 0 Å². The van der Waals surface area contributed by atoms with Gasteiger partial charge in [0.25, 0.3) is 5.56 Å². The van der Waals surface area contributed by atoms with Gasteiger partial charge < -0.3 is 9.73 Å². The van der Waals surface area contributed by atoms with E-state index >= 15 is 0 Å². The number of aromatic nitrogens is 3. The highest BCUT2D eigenvalue weighted by Crippen LogP contribution is 2.23. The Balaban J connectivity index is 1.45. The van der Waals surface area contributed by atoms with Crippen molar-refractivity contribution < 1.29 is 9.21 Å². The summed E-state index contributed by atoms with van der Waals surface area (Å²) in [5.74, 6) is 1.61. The van der Waals surface area contributed by atoms with E-state index in [1.165, 1.54) is 23.9 Å². The van der Waals surface area contributed by atoms with Crippen molar-refractivity contribution in [3.05, 3.63) is 34.1 Å². The third-order valence-electron chi connectivity index (χ3n) is 5.40. The Morgan fingerprint density at radius 1 is 1.22 bits per heavy atom. The third kappa shape index (κ3) is 3.50. The second-order valence-electron chi connectivity index (χ2n) is 7.55. The van der Waals surface area contributed by atoms with Gasteiger partial charge in [0.15, 0.2) is 5.58 Å². The quantitative estimate of drug-likeness (QED) is 0.748. The molecule has 1 saturated carbocycles. The first-order chi connectivity index (χ1) is 13.0. The second-order valence-corrected chi connectivity index (χ2v) is 7.55. The van der Waals surface area contributed by atoms with Crippen LogP contribution >= 0.6 is 0 Å². The molecule has 3 aromatic heterocycles. The lowest BCUT2D eigenvalue weighted by Crippen LogP contribution is -2.36. The Morgan fingerprint density at radius 2 is 2.00 bits per heavy atom. The van der Waals surface area contributed by atoms with Gasteiger partial charge in [-0.25, -0.2) is 4.68 Å². The van der Waals surface area contributed by atoms with Gasteiger partial charge >= 0.3 is 0 Å². The number of carbonyl (C=O) groups excluding carboxylic acids is 1. The van der Waals surface area contributed by atoms with Crippen LogP contribution in [-0.4, -0.2) is 26.1 Å². The molecule has 0 spiro atoms. The van der Waals surface area contributed by atoms with Crippen LogP contribution in [0.4, 0.5) is 0 Å². The summed E-state index contributed by atoms with van der Waals surface area (Å²) in [5, 5.41) is 7.56. The molecule has 27 heavy (non-hydrogen) atoms. The van der Waals surface area contributed by atoms with Crippen LogP contribution in [-0.2, 0) is 11.3 Å². The van der Waals surface area contributed by atoms with E-state index in [9.17, 15) is 9.59 Å². The molecule has 0 unspecified atom stereocenters. The highest BCUT2D eigenvalue weighted by atomic mass is 16.3. The number of hydrogen-bond acceptors (Lipinski definition) is 4. The summed E-state index contributed by atoms with van der Waals surface area (Å²) in [5.41, 5.74) is 1.96. The first kappa shape index (κ1) is 17.8. The highest BCUT2D eigenvalue weighted by molar-refractivity contribution is 5.83. The van der Waals surface area contributed by atoms with E-state index in [0.717, 1.165) is 29.9 Å². The van der Waals surface area contributed by atoms with Crippen molar-refractivity contribution >= 4 is 22.5 Å². The number of nitrogens with zero attached hydrogens (tertiary/aromatic N) is 3. The van der Waals surface area contributed by atoms with Crippen LogP contribution in [0.3, 0.4) is 0 Å². The maximum absolute atomic E-state index is 12.8. The Hall–Kier alpha value is -2.57. The Bertz CT molecular complexity index is 1040. The van der Waals surface area contributed by atoms with Gasteiger partial charge in [0, 0.05) is 31.1 Å². The molecule has 4 rings (SSSR count). The minimum atomic E-state index is -0.155. The summed E-state index contributed by atoms with van der Waals surface area (Å²) >= 11 is 0. The number of carbonyl (C=O) groups is 1. The molecule has 3 aromatic rings. The second kappa shape index (κ2) is 7.21. The zero-order valence-electron chi connectivity index (χ0n) is 16.0. The smallest absolute Gasteiger partial charge is 0.291 e. The monoisotopic (exact) mass is 370 g/mol. The fourth-order valence-electron chi connectivity index (χ4n) is 4.11. The van der Waals surface area contributed by atoms with Gasteiger partial charge in [0.1, 0.15) is 17.1 Å². The van der Waals surface area contributed by atoms with Gasteiger partial charge in [-0.1, -0.05) is 19.3 Å². The van der Waals surface area contributed by atoms with Crippen LogP contribution < -0.4 is 10.9 Å². The zero-order valence-corrected chi connectivity index (χ0v) is 16.0. The SMILES string of the molecule is Cc1cc2c(cc3c(=O)n(CCCC(=O)NC4CCCCC4)nc(C)n32)o1. The first-order valence-corrected chi connectivity index (χ1v) is 9.81. The van der Waals surface area contributed by atoms with E-state index in [0.29, 0.717) is 36.5 Å². The molecular weight excluding hydrogens is 344 g/mol. The van der Waals surface area contributed by atoms with Crippen molar-refractivity contribution in [3.63, 3.8) is 0 Å². The Kier molecular flexibility index (Phi) is 4.76. The van der Waals surface area contributed by atoms with Crippen LogP contribution in [0.5, 0.6) is 0 Å². The number of amides is 1. The predicted molar refractivity (Wildman–Crippen MR) is 103 cm³/mol. The molecule has 144 valence electrons. The predicted octanol–water partition coefficient (Wildman–Crippen LogP) is 3.09. The minimum Gasteiger partial charge on any atom is -0.460 e. The van der Waals surface area contributed by atoms with Crippen LogP contribution in [0.15, 0.2) is 21.3 Å². The molecule has 7 nitrogen and oxygen atoms in total. The van der Waals surface area contributed by atoms with Crippen LogP contribution in [0.2, 0.25) is 0 Å². The standard InChI is InChI=1S/C20H26N4O3/c1-13-11-16-18(27-13)12-17-20(26)23(22-14(2)24(16)17)10-6-9-19(25)21-15-7-4-3-5-8-15/h11-12,15H,3-10H2,1-2H3,(H,21,25). The van der Waals surface area contributed by atoms with Crippen molar-refractivity contribution in [2.24, 2.45) is 0 Å². The molecule has 0 aliphatic heterocycles. The van der Waals surface area contributed by atoms with Gasteiger partial charge in [-0.3, -0.25) is 14.0 Å². The number of aryl methyl sites for hydroxylation is 3. The molecule has 3 heterocycles. The lowest BCUT2D eigenvalue weighted by Gasteiger charge is -2.22. The van der Waals surface area contributed by atoms with Crippen molar-refractivity contribution in [1.82, 2.24) is 19.5 Å². The molecule has 0 atom stereocenters. The molecule has 0 aromatic carbocycles. The van der Waals surface area contributed by atoms with E-state index in [-0.39, 0.29) is 11.5 Å². The molecule has 7 heteroatoms. The van der Waals surface area contributed by atoms with Crippen molar-refractivity contribution in [3.8, 4) is 0 Å². The molecule has 1 amide bonds. The van der Waals surface area contributed by atoms with Gasteiger partial charge in [0.05, 0.1) is 5.52 Å². The lowest BCUT2D eigenvalue weighted by atomic mass is 9.95. The van der Waals surface area contributed by atoms with E-state index < -0.39 is 0 Å². The summed E-state index contributed by atoms with van der Waals surface area (Å²) in [6.07, 6.45) is 6.84. The summed E-state index contributed by atoms with van der Waals surface area (Å²) in [6.45, 7) is 4.19. The molecule has 0 bridgehead atoms. The van der Waals surface area contributed by atoms with E-state index in [2.05, 4.69) is 10.4 Å². The Morgan fingerprint density at radius 3 is 2.78 bits per heavy atom. The van der Waals surface area contributed by atoms with E-state index in [4.69, 9.17) is 4.42 Å². The largest absolute Gasteiger partial charge is 0.460 e. The highest BCUT2D eigenvalue weighted by Gasteiger charge is 2.17. The van der Waals surface area contributed by atoms with Gasteiger partial charge in [0.2, 0.25) is 5.91 Å². The van der Waals surface area contributed by atoms with Gasteiger partial charge in [-0.05, 0) is 33.1 Å². The normalized spacial score (nSPS) is 15.6. The zero-order chi connectivity index (χ0) is 19.0. The van der Waals surface area contributed by atoms with E-state index in [1.807, 2.05) is 24.3 Å². The van der Waals surface area contributed by atoms with Crippen LogP contribution in [0.1, 0.15) is 56.5 Å². The number of rotatable bonds is 5. The summed E-state index contributed by atoms with van der Waals surface area (Å²) in [6, 6.07) is 4.01. The molecular formula is C20H26N4O3. The molecule has 0 radical (unpaired) electrons. The molecule has 0 saturated heterocycles. The topological polar surface area (TPSA) is 81.5 Å². The average molecular weight is 370 g/mol. The summed E-state index contributed by atoms with van der Waals surface area (Å²) in [4.78, 5) is 24.9. The van der Waals surface area contributed by atoms with E-state index in [1.54, 1.807) is 6.07 Å². The maximum atomic E-state index is 12.8. The maximum Gasteiger partial charge on any atom is 0.291 e. The molecule has 1 aliphatic carbocycles. The summed E-state index contributed by atoms with van der Waals surface area (Å²) < 4.78 is 8.93. The Labute approximate surface area is 157 Å². The van der Waals surface area contributed by atoms with Crippen molar-refractivity contribution in [2.45, 2.75) is 71.4 Å². The van der Waals surface area contributed by atoms with Gasteiger partial charge in [-0.15, -0.1) is 0 Å². The third-order valence-corrected chi connectivity index (χ3v) is 5.40. The van der Waals surface area contributed by atoms with Gasteiger partial charge in [-0.2, -0.15) is 5.10 Å². The van der Waals surface area contributed by atoms with Crippen LogP contribution in [0.25, 0.3) is 16.6 Å². The first-order valence-electron chi connectivity index (χ1n) is 9.81.